The van der Waals surface area contributed by atoms with Gasteiger partial charge in [-0.1, -0.05) is 13.8 Å². The van der Waals surface area contributed by atoms with Crippen molar-refractivity contribution in [3.63, 3.8) is 0 Å². The van der Waals surface area contributed by atoms with Crippen LogP contribution in [0.15, 0.2) is 0 Å². The van der Waals surface area contributed by atoms with Crippen LogP contribution in [0.1, 0.15) is 20.3 Å². The Morgan fingerprint density at radius 1 is 1.25 bits per heavy atom. The lowest BCUT2D eigenvalue weighted by Gasteiger charge is -2.35. The fraction of sp³-hybridized carbons (Fsp3) is 1.00. The molecular formula is C6H14O8P2-2. The van der Waals surface area contributed by atoms with Crippen LogP contribution in [-0.4, -0.2) is 22.5 Å². The van der Waals surface area contributed by atoms with Gasteiger partial charge in [0.15, 0.2) is 0 Å². The molecule has 0 aromatic carbocycles. The predicted molar refractivity (Wildman–Crippen MR) is 49.9 cm³/mol. The standard InChI is InChI=1S/C6H16O8P2/c1-5(2)6(14-16(10,11)12)3-4-13-15(7,8)9/h5-6H,3-4H2,1-2H3,(H2,7,8,9)(H2,10,11,12)/p-2. The Bertz CT molecular complexity index is 291. The Balaban J connectivity index is 4.16. The average molecular weight is 276 g/mol. The van der Waals surface area contributed by atoms with Crippen LogP contribution >= 0.6 is 15.6 Å². The van der Waals surface area contributed by atoms with Crippen molar-refractivity contribution in [3.8, 4) is 0 Å². The predicted octanol–water partition coefficient (Wildman–Crippen LogP) is -0.644. The molecule has 0 spiro atoms. The highest BCUT2D eigenvalue weighted by Gasteiger charge is 2.19. The summed E-state index contributed by atoms with van der Waals surface area (Å²) in [5, 5.41) is 0. The molecule has 0 radical (unpaired) electrons. The highest BCUT2D eigenvalue weighted by molar-refractivity contribution is 7.46. The lowest BCUT2D eigenvalue weighted by Crippen LogP contribution is -2.27. The smallest absolute Gasteiger partial charge is 0.469 e. The van der Waals surface area contributed by atoms with E-state index in [1.54, 1.807) is 13.8 Å². The molecule has 0 aliphatic carbocycles. The van der Waals surface area contributed by atoms with Crippen molar-refractivity contribution in [1.82, 2.24) is 0 Å². The van der Waals surface area contributed by atoms with E-state index < -0.39 is 28.4 Å². The van der Waals surface area contributed by atoms with Crippen molar-refractivity contribution < 1.29 is 37.8 Å². The molecule has 0 amide bonds. The van der Waals surface area contributed by atoms with E-state index in [4.69, 9.17) is 9.79 Å². The van der Waals surface area contributed by atoms with Gasteiger partial charge in [-0.15, -0.1) is 0 Å². The normalized spacial score (nSPS) is 15.4. The van der Waals surface area contributed by atoms with Crippen molar-refractivity contribution in [2.24, 2.45) is 5.92 Å². The van der Waals surface area contributed by atoms with Crippen LogP contribution in [0.4, 0.5) is 0 Å². The number of phosphoric acid groups is 2. The van der Waals surface area contributed by atoms with Crippen molar-refractivity contribution >= 4 is 15.6 Å². The van der Waals surface area contributed by atoms with Gasteiger partial charge >= 0.3 is 7.82 Å². The third-order valence-electron chi connectivity index (χ3n) is 1.67. The van der Waals surface area contributed by atoms with Crippen LogP contribution in [0, 0.1) is 5.92 Å². The van der Waals surface area contributed by atoms with E-state index >= 15 is 0 Å². The van der Waals surface area contributed by atoms with Crippen LogP contribution in [0.5, 0.6) is 0 Å². The summed E-state index contributed by atoms with van der Waals surface area (Å²) in [5.74, 6) is -0.295. The van der Waals surface area contributed by atoms with Crippen LogP contribution in [-0.2, 0) is 18.2 Å². The minimum Gasteiger partial charge on any atom is -0.790 e. The van der Waals surface area contributed by atoms with Crippen molar-refractivity contribution in [2.75, 3.05) is 6.61 Å². The largest absolute Gasteiger partial charge is 0.790 e. The van der Waals surface area contributed by atoms with E-state index in [1.165, 1.54) is 0 Å². The Kier molecular flexibility index (Phi) is 6.32. The first-order chi connectivity index (χ1) is 7.01. The highest BCUT2D eigenvalue weighted by Crippen LogP contribution is 2.37. The molecule has 1 atom stereocenters. The molecule has 2 N–H and O–H groups in total. The van der Waals surface area contributed by atoms with E-state index in [0.717, 1.165) is 0 Å². The second-order valence-corrected chi connectivity index (χ2v) is 5.79. The highest BCUT2D eigenvalue weighted by atomic mass is 31.2. The molecule has 0 bridgehead atoms. The molecule has 10 heteroatoms. The Hall–Kier alpha value is 0.220. The summed E-state index contributed by atoms with van der Waals surface area (Å²) in [6.07, 6.45) is -1.05. The molecule has 0 aliphatic rings. The maximum atomic E-state index is 10.4. The van der Waals surface area contributed by atoms with Crippen LogP contribution in [0.2, 0.25) is 0 Å². The summed E-state index contributed by atoms with van der Waals surface area (Å²) in [4.78, 5) is 37.5. The van der Waals surface area contributed by atoms with E-state index in [9.17, 15) is 18.9 Å². The fourth-order valence-electron chi connectivity index (χ4n) is 0.961. The van der Waals surface area contributed by atoms with E-state index in [-0.39, 0.29) is 12.3 Å². The van der Waals surface area contributed by atoms with Gasteiger partial charge in [-0.25, -0.2) is 4.57 Å². The number of rotatable bonds is 7. The molecule has 0 aliphatic heterocycles. The summed E-state index contributed by atoms with van der Waals surface area (Å²) >= 11 is 0. The first-order valence-corrected chi connectivity index (χ1v) is 7.41. The lowest BCUT2D eigenvalue weighted by molar-refractivity contribution is -0.346. The quantitative estimate of drug-likeness (QED) is 0.585. The Morgan fingerprint density at radius 2 is 1.75 bits per heavy atom. The number of hydrogen-bond donors (Lipinski definition) is 2. The summed E-state index contributed by atoms with van der Waals surface area (Å²) in [5.41, 5.74) is 0. The zero-order valence-electron chi connectivity index (χ0n) is 8.81. The van der Waals surface area contributed by atoms with Crippen LogP contribution in [0.25, 0.3) is 0 Å². The van der Waals surface area contributed by atoms with Gasteiger partial charge in [-0.3, -0.25) is 4.52 Å². The molecular weight excluding hydrogens is 262 g/mol. The second kappa shape index (κ2) is 6.23. The summed E-state index contributed by atoms with van der Waals surface area (Å²) < 4.78 is 29.0. The molecule has 98 valence electrons. The topological polar surface area (TPSA) is 139 Å². The van der Waals surface area contributed by atoms with Gasteiger partial charge in [0, 0.05) is 0 Å². The molecule has 0 saturated heterocycles. The molecule has 0 rings (SSSR count). The lowest BCUT2D eigenvalue weighted by atomic mass is 10.1. The molecule has 0 saturated carbocycles. The van der Waals surface area contributed by atoms with Crippen molar-refractivity contribution in [1.29, 1.82) is 0 Å². The maximum Gasteiger partial charge on any atom is 0.469 e. The summed E-state index contributed by atoms with van der Waals surface area (Å²) in [6, 6.07) is 0. The van der Waals surface area contributed by atoms with Gasteiger partial charge in [0.1, 0.15) is 0 Å². The SMILES string of the molecule is CC(C)C(CCOP(=O)(O)O)OP(=O)([O-])[O-]. The molecule has 1 unspecified atom stereocenters. The maximum absolute atomic E-state index is 10.4. The number of phosphoric ester groups is 2. The van der Waals surface area contributed by atoms with Gasteiger partial charge in [0.05, 0.1) is 20.5 Å². The third-order valence-corrected chi connectivity index (χ3v) is 2.72. The second-order valence-electron chi connectivity index (χ2n) is 3.45. The third kappa shape index (κ3) is 9.45. The van der Waals surface area contributed by atoms with E-state index in [2.05, 4.69) is 9.05 Å². The zero-order valence-corrected chi connectivity index (χ0v) is 10.6. The summed E-state index contributed by atoms with van der Waals surface area (Å²) in [7, 11) is -9.69. The monoisotopic (exact) mass is 276 g/mol. The van der Waals surface area contributed by atoms with Gasteiger partial charge in [0.2, 0.25) is 0 Å². The zero-order chi connectivity index (χ0) is 13.0. The summed E-state index contributed by atoms with van der Waals surface area (Å²) in [6.45, 7) is 2.82. The minimum absolute atomic E-state index is 0.1000. The van der Waals surface area contributed by atoms with E-state index in [0.29, 0.717) is 0 Å². The van der Waals surface area contributed by atoms with Crippen LogP contribution in [0.3, 0.4) is 0 Å². The Labute approximate surface area is 93.1 Å². The van der Waals surface area contributed by atoms with Gasteiger partial charge in [-0.05, 0) is 12.3 Å². The minimum atomic E-state index is -5.11. The van der Waals surface area contributed by atoms with Crippen molar-refractivity contribution in [2.45, 2.75) is 26.4 Å². The van der Waals surface area contributed by atoms with E-state index in [1.807, 2.05) is 0 Å². The van der Waals surface area contributed by atoms with Crippen LogP contribution < -0.4 is 9.79 Å². The van der Waals surface area contributed by atoms with Crippen molar-refractivity contribution in [3.05, 3.63) is 0 Å². The molecule has 0 fully saturated rings. The molecule has 8 nitrogen and oxygen atoms in total. The molecule has 16 heavy (non-hydrogen) atoms. The molecule has 0 aromatic rings. The van der Waals surface area contributed by atoms with Gasteiger partial charge in [0.25, 0.3) is 0 Å². The number of hydrogen-bond acceptors (Lipinski definition) is 6. The van der Waals surface area contributed by atoms with Gasteiger partial charge in [-0.2, -0.15) is 0 Å². The van der Waals surface area contributed by atoms with Gasteiger partial charge < -0.3 is 28.7 Å². The fourth-order valence-corrected chi connectivity index (χ4v) is 1.99. The average Bonchev–Trinajstić information content (AvgIpc) is 1.97. The first kappa shape index (κ1) is 16.2. The molecule has 0 aromatic heterocycles. The molecule has 0 heterocycles. The first-order valence-electron chi connectivity index (χ1n) is 4.42. The Morgan fingerprint density at radius 3 is 2.06 bits per heavy atom.